The molecule has 0 spiro atoms. The highest BCUT2D eigenvalue weighted by atomic mass is 32.2. The number of nitrogens with one attached hydrogen (secondary N) is 1. The summed E-state index contributed by atoms with van der Waals surface area (Å²) in [4.78, 5) is 15.8. The molecule has 0 radical (unpaired) electrons. The van der Waals surface area contributed by atoms with E-state index in [2.05, 4.69) is 10.3 Å². The second-order valence-electron chi connectivity index (χ2n) is 3.40. The number of hydrogen-bond acceptors (Lipinski definition) is 4. The molecule has 0 aliphatic rings. The van der Waals surface area contributed by atoms with Crippen LogP contribution in [0.15, 0.2) is 24.3 Å². The van der Waals surface area contributed by atoms with Crippen LogP contribution >= 0.6 is 0 Å². The summed E-state index contributed by atoms with van der Waals surface area (Å²) in [7, 11) is -1.70. The van der Waals surface area contributed by atoms with E-state index in [0.717, 1.165) is 0 Å². The minimum Gasteiger partial charge on any atom is -0.277 e. The second kappa shape index (κ2) is 5.09. The molecule has 0 bridgehead atoms. The van der Waals surface area contributed by atoms with E-state index in [-0.39, 0.29) is 11.7 Å². The van der Waals surface area contributed by atoms with Crippen LogP contribution in [0.25, 0.3) is 0 Å². The van der Waals surface area contributed by atoms with Crippen molar-refractivity contribution >= 4 is 15.7 Å². The Hall–Kier alpha value is -1.40. The highest BCUT2D eigenvalue weighted by molar-refractivity contribution is 7.89. The zero-order valence-corrected chi connectivity index (χ0v) is 9.87. The molecule has 0 saturated carbocycles. The summed E-state index contributed by atoms with van der Waals surface area (Å²) < 4.78 is 22.0. The summed E-state index contributed by atoms with van der Waals surface area (Å²) in [6, 6.07) is 6.31. The maximum absolute atomic E-state index is 11.3. The highest BCUT2D eigenvalue weighted by Crippen LogP contribution is 2.07. The van der Waals surface area contributed by atoms with Crippen LogP contribution in [0.2, 0.25) is 0 Å². The molecule has 1 N–H and O–H groups in total. The molecule has 0 atom stereocenters. The number of amides is 1. The average Bonchev–Trinajstić information content (AvgIpc) is 2.16. The number of hydroxylamine groups is 1. The number of hydrogen-bond donors (Lipinski definition) is 1. The molecule has 1 aromatic rings. The van der Waals surface area contributed by atoms with Crippen LogP contribution in [0, 0.1) is 0 Å². The van der Waals surface area contributed by atoms with Crippen LogP contribution in [0.3, 0.4) is 0 Å². The van der Waals surface area contributed by atoms with Crippen molar-refractivity contribution in [3.8, 4) is 0 Å². The Morgan fingerprint density at radius 2 is 1.88 bits per heavy atom. The van der Waals surface area contributed by atoms with Gasteiger partial charge in [0.15, 0.2) is 9.84 Å². The van der Waals surface area contributed by atoms with Crippen molar-refractivity contribution in [1.29, 1.82) is 0 Å². The summed E-state index contributed by atoms with van der Waals surface area (Å²) in [6.07, 6.45) is 1.17. The van der Waals surface area contributed by atoms with Crippen LogP contribution in [0.1, 0.15) is 15.9 Å². The number of benzene rings is 1. The molecule has 0 unspecified atom stereocenters. The lowest BCUT2D eigenvalue weighted by Crippen LogP contribution is -2.21. The molecule has 0 saturated heterocycles. The van der Waals surface area contributed by atoms with Gasteiger partial charge in [0.25, 0.3) is 5.91 Å². The first-order valence-electron chi connectivity index (χ1n) is 4.52. The lowest BCUT2D eigenvalue weighted by atomic mass is 10.1. The first-order valence-corrected chi connectivity index (χ1v) is 6.58. The maximum Gasteiger partial charge on any atom is 0.274 e. The van der Waals surface area contributed by atoms with E-state index in [4.69, 9.17) is 0 Å². The summed E-state index contributed by atoms with van der Waals surface area (Å²) in [5.74, 6) is -0.396. The lowest BCUT2D eigenvalue weighted by molar-refractivity contribution is 0.0537. The quantitative estimate of drug-likeness (QED) is 0.783. The van der Waals surface area contributed by atoms with Gasteiger partial charge in [-0.2, -0.15) is 0 Å². The van der Waals surface area contributed by atoms with E-state index in [0.29, 0.717) is 11.1 Å². The van der Waals surface area contributed by atoms with Gasteiger partial charge in [0, 0.05) is 11.8 Å². The number of carbonyl (C=O) groups excluding carboxylic acids is 1. The summed E-state index contributed by atoms with van der Waals surface area (Å²) >= 11 is 0. The van der Waals surface area contributed by atoms with E-state index < -0.39 is 9.84 Å². The van der Waals surface area contributed by atoms with Crippen LogP contribution in [-0.4, -0.2) is 27.7 Å². The number of sulfone groups is 1. The Labute approximate surface area is 94.3 Å². The standard InChI is InChI=1S/C10H13NO4S/c1-15-11-10(12)9-5-3-8(4-6-9)7-16(2,13)14/h3-6H,7H2,1-2H3,(H,11,12). The minimum absolute atomic E-state index is 0.0286. The second-order valence-corrected chi connectivity index (χ2v) is 5.54. The van der Waals surface area contributed by atoms with Crippen molar-refractivity contribution in [3.05, 3.63) is 35.4 Å². The molecule has 88 valence electrons. The third-order valence-corrected chi connectivity index (χ3v) is 2.70. The van der Waals surface area contributed by atoms with Crippen molar-refractivity contribution in [2.75, 3.05) is 13.4 Å². The van der Waals surface area contributed by atoms with Crippen molar-refractivity contribution in [2.24, 2.45) is 0 Å². The van der Waals surface area contributed by atoms with Gasteiger partial charge >= 0.3 is 0 Å². The molecular weight excluding hydrogens is 230 g/mol. The van der Waals surface area contributed by atoms with E-state index in [1.165, 1.54) is 13.4 Å². The van der Waals surface area contributed by atoms with Crippen LogP contribution in [0.4, 0.5) is 0 Å². The molecular formula is C10H13NO4S. The molecule has 1 amide bonds. The molecule has 1 rings (SSSR count). The SMILES string of the molecule is CONC(=O)c1ccc(CS(C)(=O)=O)cc1. The highest BCUT2D eigenvalue weighted by Gasteiger charge is 2.07. The van der Waals surface area contributed by atoms with Gasteiger partial charge in [-0.05, 0) is 17.7 Å². The molecule has 6 heteroatoms. The molecule has 5 nitrogen and oxygen atoms in total. The summed E-state index contributed by atoms with van der Waals surface area (Å²) in [6.45, 7) is 0. The predicted octanol–water partition coefficient (Wildman–Crippen LogP) is 0.522. The molecule has 0 heterocycles. The fourth-order valence-electron chi connectivity index (χ4n) is 1.21. The smallest absolute Gasteiger partial charge is 0.274 e. The predicted molar refractivity (Wildman–Crippen MR) is 59.5 cm³/mol. The first kappa shape index (κ1) is 12.7. The first-order chi connectivity index (χ1) is 7.42. The van der Waals surface area contributed by atoms with Crippen LogP contribution < -0.4 is 5.48 Å². The van der Waals surface area contributed by atoms with Crippen LogP contribution in [0.5, 0.6) is 0 Å². The number of carbonyl (C=O) groups is 1. The van der Waals surface area contributed by atoms with E-state index in [1.807, 2.05) is 0 Å². The van der Waals surface area contributed by atoms with Crippen molar-refractivity contribution < 1.29 is 18.0 Å². The summed E-state index contributed by atoms with van der Waals surface area (Å²) in [5.41, 5.74) is 3.24. The Morgan fingerprint density at radius 1 is 1.31 bits per heavy atom. The van der Waals surface area contributed by atoms with Crippen LogP contribution in [-0.2, 0) is 20.4 Å². The monoisotopic (exact) mass is 243 g/mol. The van der Waals surface area contributed by atoms with Gasteiger partial charge in [-0.3, -0.25) is 9.63 Å². The topological polar surface area (TPSA) is 72.5 Å². The lowest BCUT2D eigenvalue weighted by Gasteiger charge is -2.03. The summed E-state index contributed by atoms with van der Waals surface area (Å²) in [5, 5.41) is 0. The van der Waals surface area contributed by atoms with E-state index in [9.17, 15) is 13.2 Å². The van der Waals surface area contributed by atoms with E-state index >= 15 is 0 Å². The zero-order valence-electron chi connectivity index (χ0n) is 9.06. The normalized spacial score (nSPS) is 11.1. The third kappa shape index (κ3) is 4.00. The van der Waals surface area contributed by atoms with Gasteiger partial charge in [-0.25, -0.2) is 13.9 Å². The molecule has 0 fully saturated rings. The molecule has 16 heavy (non-hydrogen) atoms. The molecule has 0 aromatic heterocycles. The van der Waals surface area contributed by atoms with Gasteiger partial charge in [0.05, 0.1) is 12.9 Å². The average molecular weight is 243 g/mol. The Morgan fingerprint density at radius 3 is 2.31 bits per heavy atom. The van der Waals surface area contributed by atoms with Gasteiger partial charge in [-0.15, -0.1) is 0 Å². The zero-order chi connectivity index (χ0) is 12.2. The largest absolute Gasteiger partial charge is 0.277 e. The van der Waals surface area contributed by atoms with Gasteiger partial charge < -0.3 is 0 Å². The molecule has 0 aliphatic heterocycles. The van der Waals surface area contributed by atoms with Crippen molar-refractivity contribution in [1.82, 2.24) is 5.48 Å². The number of rotatable bonds is 4. The fourth-order valence-corrected chi connectivity index (χ4v) is 2.00. The Kier molecular flexibility index (Phi) is 4.03. The van der Waals surface area contributed by atoms with Gasteiger partial charge in [-0.1, -0.05) is 12.1 Å². The van der Waals surface area contributed by atoms with Crippen molar-refractivity contribution in [3.63, 3.8) is 0 Å². The van der Waals surface area contributed by atoms with Gasteiger partial charge in [0.2, 0.25) is 0 Å². The third-order valence-electron chi connectivity index (χ3n) is 1.84. The van der Waals surface area contributed by atoms with E-state index in [1.54, 1.807) is 24.3 Å². The van der Waals surface area contributed by atoms with Gasteiger partial charge in [0.1, 0.15) is 0 Å². The maximum atomic E-state index is 11.3. The molecule has 0 aliphatic carbocycles. The minimum atomic E-state index is -3.05. The van der Waals surface area contributed by atoms with Crippen molar-refractivity contribution in [2.45, 2.75) is 5.75 Å². The Balaban J connectivity index is 2.79. The Bertz CT molecular complexity index is 464. The fraction of sp³-hybridized carbons (Fsp3) is 0.300. The molecule has 1 aromatic carbocycles.